The smallest absolute Gasteiger partial charge is 0.123 e. The van der Waals surface area contributed by atoms with Crippen LogP contribution >= 0.6 is 0 Å². The summed E-state index contributed by atoms with van der Waals surface area (Å²) in [6.07, 6.45) is 7.29. The molecule has 0 saturated carbocycles. The summed E-state index contributed by atoms with van der Waals surface area (Å²) in [5, 5.41) is 0. The largest absolute Gasteiger partial charge is 0.303 e. The first kappa shape index (κ1) is 11.7. The lowest BCUT2D eigenvalue weighted by atomic mass is 9.92. The first-order chi connectivity index (χ1) is 5.72. The molecule has 1 atom stereocenters. The summed E-state index contributed by atoms with van der Waals surface area (Å²) in [5.41, 5.74) is 0. The molecule has 0 amide bonds. The summed E-state index contributed by atoms with van der Waals surface area (Å²) in [5.74, 6) is 0.811. The van der Waals surface area contributed by atoms with Crippen molar-refractivity contribution in [2.45, 2.75) is 52.9 Å². The third-order valence-corrected chi connectivity index (χ3v) is 2.42. The van der Waals surface area contributed by atoms with Crippen molar-refractivity contribution in [2.24, 2.45) is 11.8 Å². The predicted octanol–water partition coefficient (Wildman–Crippen LogP) is 3.43. The van der Waals surface area contributed by atoms with Crippen molar-refractivity contribution < 1.29 is 4.79 Å². The SMILES string of the molecule is CCCCCCC(C=O)C(C)C. The molecule has 0 saturated heterocycles. The minimum atomic E-state index is 0.293. The van der Waals surface area contributed by atoms with Crippen LogP contribution < -0.4 is 0 Å². The number of carbonyl (C=O) groups is 1. The van der Waals surface area contributed by atoms with E-state index in [4.69, 9.17) is 0 Å². The molecule has 0 spiro atoms. The van der Waals surface area contributed by atoms with Crippen molar-refractivity contribution >= 4 is 6.29 Å². The van der Waals surface area contributed by atoms with Crippen LogP contribution in [0.1, 0.15) is 52.9 Å². The fraction of sp³-hybridized carbons (Fsp3) is 0.909. The van der Waals surface area contributed by atoms with Gasteiger partial charge in [-0.3, -0.25) is 0 Å². The summed E-state index contributed by atoms with van der Waals surface area (Å²) in [7, 11) is 0. The van der Waals surface area contributed by atoms with Crippen molar-refractivity contribution in [3.8, 4) is 0 Å². The maximum Gasteiger partial charge on any atom is 0.123 e. The molecule has 72 valence electrons. The van der Waals surface area contributed by atoms with E-state index < -0.39 is 0 Å². The van der Waals surface area contributed by atoms with Gasteiger partial charge in [-0.05, 0) is 12.3 Å². The molecule has 0 heterocycles. The number of hydrogen-bond donors (Lipinski definition) is 0. The Morgan fingerprint density at radius 2 is 1.83 bits per heavy atom. The van der Waals surface area contributed by atoms with Crippen molar-refractivity contribution in [1.29, 1.82) is 0 Å². The van der Waals surface area contributed by atoms with Gasteiger partial charge >= 0.3 is 0 Å². The Balaban J connectivity index is 3.38. The van der Waals surface area contributed by atoms with E-state index in [1.165, 1.54) is 25.7 Å². The summed E-state index contributed by atoms with van der Waals surface area (Å²) in [6.45, 7) is 6.46. The summed E-state index contributed by atoms with van der Waals surface area (Å²) < 4.78 is 0. The molecule has 0 N–H and O–H groups in total. The monoisotopic (exact) mass is 170 g/mol. The molecule has 1 nitrogen and oxygen atoms in total. The van der Waals surface area contributed by atoms with E-state index in [0.29, 0.717) is 11.8 Å². The third kappa shape index (κ3) is 5.34. The Morgan fingerprint density at radius 3 is 2.25 bits per heavy atom. The van der Waals surface area contributed by atoms with Gasteiger partial charge in [0.15, 0.2) is 0 Å². The number of unbranched alkanes of at least 4 members (excludes halogenated alkanes) is 3. The van der Waals surface area contributed by atoms with Crippen molar-refractivity contribution in [3.63, 3.8) is 0 Å². The van der Waals surface area contributed by atoms with Gasteiger partial charge in [0.1, 0.15) is 6.29 Å². The van der Waals surface area contributed by atoms with Gasteiger partial charge in [-0.25, -0.2) is 0 Å². The molecule has 0 fully saturated rings. The second-order valence-corrected chi connectivity index (χ2v) is 3.89. The van der Waals surface area contributed by atoms with Gasteiger partial charge in [0.25, 0.3) is 0 Å². The molecule has 1 heteroatoms. The van der Waals surface area contributed by atoms with Crippen LogP contribution in [0.25, 0.3) is 0 Å². The standard InChI is InChI=1S/C11H22O/c1-4-5-6-7-8-11(9-12)10(2)3/h9-11H,4-8H2,1-3H3. The fourth-order valence-electron chi connectivity index (χ4n) is 1.37. The van der Waals surface area contributed by atoms with Crippen LogP contribution in [0, 0.1) is 11.8 Å². The van der Waals surface area contributed by atoms with Crippen LogP contribution in [0.4, 0.5) is 0 Å². The molecule has 0 radical (unpaired) electrons. The Kier molecular flexibility index (Phi) is 7.12. The van der Waals surface area contributed by atoms with E-state index >= 15 is 0 Å². The second kappa shape index (κ2) is 7.33. The molecule has 0 aromatic rings. The van der Waals surface area contributed by atoms with E-state index in [1.807, 2.05) is 0 Å². The highest BCUT2D eigenvalue weighted by molar-refractivity contribution is 5.53. The zero-order valence-corrected chi connectivity index (χ0v) is 8.68. The molecule has 12 heavy (non-hydrogen) atoms. The molecule has 0 aliphatic heterocycles. The van der Waals surface area contributed by atoms with Crippen LogP contribution in [-0.4, -0.2) is 6.29 Å². The molecule has 0 aliphatic rings. The lowest BCUT2D eigenvalue weighted by molar-refractivity contribution is -0.112. The van der Waals surface area contributed by atoms with E-state index in [-0.39, 0.29) is 0 Å². The van der Waals surface area contributed by atoms with E-state index in [0.717, 1.165) is 12.7 Å². The van der Waals surface area contributed by atoms with Gasteiger partial charge in [0.2, 0.25) is 0 Å². The van der Waals surface area contributed by atoms with Gasteiger partial charge in [-0.15, -0.1) is 0 Å². The maximum atomic E-state index is 10.6. The van der Waals surface area contributed by atoms with Crippen LogP contribution in [0.15, 0.2) is 0 Å². The third-order valence-electron chi connectivity index (χ3n) is 2.42. The Hall–Kier alpha value is -0.330. The molecular formula is C11H22O. The summed E-state index contributed by atoms with van der Waals surface area (Å²) in [4.78, 5) is 10.6. The minimum Gasteiger partial charge on any atom is -0.303 e. The first-order valence-electron chi connectivity index (χ1n) is 5.17. The topological polar surface area (TPSA) is 17.1 Å². The zero-order chi connectivity index (χ0) is 9.40. The van der Waals surface area contributed by atoms with E-state index in [9.17, 15) is 4.79 Å². The zero-order valence-electron chi connectivity index (χ0n) is 8.68. The van der Waals surface area contributed by atoms with Gasteiger partial charge in [-0.2, -0.15) is 0 Å². The molecule has 1 unspecified atom stereocenters. The highest BCUT2D eigenvalue weighted by Crippen LogP contribution is 2.16. The van der Waals surface area contributed by atoms with Gasteiger partial charge in [0.05, 0.1) is 0 Å². The van der Waals surface area contributed by atoms with Gasteiger partial charge in [-0.1, -0.05) is 46.5 Å². The molecular weight excluding hydrogens is 148 g/mol. The normalized spacial score (nSPS) is 13.3. The average molecular weight is 170 g/mol. The van der Waals surface area contributed by atoms with Gasteiger partial charge in [0, 0.05) is 5.92 Å². The fourth-order valence-corrected chi connectivity index (χ4v) is 1.37. The quantitative estimate of drug-likeness (QED) is 0.422. The first-order valence-corrected chi connectivity index (χ1v) is 5.17. The Labute approximate surface area is 76.6 Å². The number of rotatable bonds is 7. The summed E-state index contributed by atoms with van der Waals surface area (Å²) >= 11 is 0. The van der Waals surface area contributed by atoms with Crippen LogP contribution in [0.5, 0.6) is 0 Å². The van der Waals surface area contributed by atoms with Crippen molar-refractivity contribution in [1.82, 2.24) is 0 Å². The molecule has 0 rings (SSSR count). The van der Waals surface area contributed by atoms with Crippen molar-refractivity contribution in [3.05, 3.63) is 0 Å². The number of aldehydes is 1. The molecule has 0 aromatic carbocycles. The molecule has 0 bridgehead atoms. The highest BCUT2D eigenvalue weighted by Gasteiger charge is 2.10. The lowest BCUT2D eigenvalue weighted by Crippen LogP contribution is -2.09. The predicted molar refractivity (Wildman–Crippen MR) is 53.2 cm³/mol. The Morgan fingerprint density at radius 1 is 1.17 bits per heavy atom. The summed E-state index contributed by atoms with van der Waals surface area (Å²) in [6, 6.07) is 0. The molecule has 0 aromatic heterocycles. The van der Waals surface area contributed by atoms with Crippen LogP contribution in [0.3, 0.4) is 0 Å². The average Bonchev–Trinajstić information content (AvgIpc) is 2.04. The maximum absolute atomic E-state index is 10.6. The van der Waals surface area contributed by atoms with Crippen molar-refractivity contribution in [2.75, 3.05) is 0 Å². The number of carbonyl (C=O) groups excluding carboxylic acids is 1. The molecule has 0 aliphatic carbocycles. The second-order valence-electron chi connectivity index (χ2n) is 3.89. The minimum absolute atomic E-state index is 0.293. The Bertz CT molecular complexity index is 108. The van der Waals surface area contributed by atoms with E-state index in [1.54, 1.807) is 0 Å². The number of hydrogen-bond acceptors (Lipinski definition) is 1. The van der Waals surface area contributed by atoms with E-state index in [2.05, 4.69) is 20.8 Å². The van der Waals surface area contributed by atoms with Gasteiger partial charge < -0.3 is 4.79 Å². The van der Waals surface area contributed by atoms with Crippen LogP contribution in [-0.2, 0) is 4.79 Å². The highest BCUT2D eigenvalue weighted by atomic mass is 16.1. The lowest BCUT2D eigenvalue weighted by Gasteiger charge is -2.13. The van der Waals surface area contributed by atoms with Crippen LogP contribution in [0.2, 0.25) is 0 Å².